The summed E-state index contributed by atoms with van der Waals surface area (Å²) in [5.74, 6) is -2.01. The van der Waals surface area contributed by atoms with Gasteiger partial charge >= 0.3 is 11.9 Å². The topological polar surface area (TPSA) is 72.9 Å². The molecule has 0 N–H and O–H groups in total. The molecule has 0 atom stereocenters. The second-order valence-corrected chi connectivity index (χ2v) is 5.68. The Morgan fingerprint density at radius 1 is 1.33 bits per heavy atom. The van der Waals surface area contributed by atoms with Crippen LogP contribution in [0.4, 0.5) is 4.39 Å². The number of esters is 2. The van der Waals surface area contributed by atoms with Crippen LogP contribution in [0.25, 0.3) is 0 Å². The highest BCUT2D eigenvalue weighted by molar-refractivity contribution is 8.04. The molecule has 1 aliphatic rings. The summed E-state index contributed by atoms with van der Waals surface area (Å²) in [6.45, 7) is 1.89. The van der Waals surface area contributed by atoms with Crippen molar-refractivity contribution in [3.63, 3.8) is 0 Å². The lowest BCUT2D eigenvalue weighted by atomic mass is 10.2. The fourth-order valence-corrected chi connectivity index (χ4v) is 2.94. The highest BCUT2D eigenvalue weighted by Gasteiger charge is 2.27. The van der Waals surface area contributed by atoms with Gasteiger partial charge in [0.05, 0.1) is 35.6 Å². The summed E-state index contributed by atoms with van der Waals surface area (Å²) in [4.78, 5) is 36.5. The number of halogens is 1. The van der Waals surface area contributed by atoms with E-state index < -0.39 is 17.8 Å². The lowest BCUT2D eigenvalue weighted by Gasteiger charge is -2.16. The van der Waals surface area contributed by atoms with Gasteiger partial charge in [0.2, 0.25) is 5.91 Å². The molecule has 0 spiro atoms. The maximum atomic E-state index is 13.5. The van der Waals surface area contributed by atoms with Crippen LogP contribution in [0.1, 0.15) is 17.3 Å². The van der Waals surface area contributed by atoms with Gasteiger partial charge < -0.3 is 14.4 Å². The minimum atomic E-state index is -0.802. The van der Waals surface area contributed by atoms with Crippen LogP contribution >= 0.6 is 11.8 Å². The third kappa shape index (κ3) is 4.58. The first-order valence-corrected chi connectivity index (χ1v) is 8.24. The van der Waals surface area contributed by atoms with Crippen molar-refractivity contribution in [2.75, 3.05) is 25.5 Å². The molecule has 1 fully saturated rings. The number of carbonyl (C=O) groups excluding carboxylic acids is 3. The monoisotopic (exact) mass is 353 g/mol. The third-order valence-electron chi connectivity index (χ3n) is 3.08. The quantitative estimate of drug-likeness (QED) is 0.575. The van der Waals surface area contributed by atoms with E-state index in [-0.39, 0.29) is 37.0 Å². The Bertz CT molecular complexity index is 676. The van der Waals surface area contributed by atoms with Gasteiger partial charge in [-0.15, -0.1) is 0 Å². The molecule has 1 aromatic carbocycles. The van der Waals surface area contributed by atoms with Crippen molar-refractivity contribution >= 4 is 29.6 Å². The largest absolute Gasteiger partial charge is 0.463 e. The Labute approximate surface area is 142 Å². The zero-order chi connectivity index (χ0) is 17.5. The van der Waals surface area contributed by atoms with Crippen molar-refractivity contribution in [1.82, 2.24) is 4.90 Å². The van der Waals surface area contributed by atoms with Gasteiger partial charge in [-0.25, -0.2) is 14.0 Å². The molecule has 128 valence electrons. The van der Waals surface area contributed by atoms with Gasteiger partial charge in [0.1, 0.15) is 12.4 Å². The summed E-state index contributed by atoms with van der Waals surface area (Å²) in [5, 5.41) is 0.445. The average molecular weight is 353 g/mol. The van der Waals surface area contributed by atoms with Gasteiger partial charge in [-0.2, -0.15) is 0 Å². The molecule has 6 nitrogen and oxygen atoms in total. The molecule has 0 saturated carbocycles. The van der Waals surface area contributed by atoms with E-state index in [2.05, 4.69) is 0 Å². The fraction of sp³-hybridized carbons (Fsp3) is 0.312. The summed E-state index contributed by atoms with van der Waals surface area (Å²) >= 11 is 1.21. The number of thioether (sulfide) groups is 1. The SMILES string of the molecule is CCOC(=O)/C=C1\SCC(=O)N1CCOC(=O)c1ccccc1F. The van der Waals surface area contributed by atoms with Gasteiger partial charge in [-0.1, -0.05) is 23.9 Å². The normalized spacial score (nSPS) is 15.7. The fourth-order valence-electron chi connectivity index (χ4n) is 1.99. The zero-order valence-corrected chi connectivity index (χ0v) is 13.8. The second-order valence-electron chi connectivity index (χ2n) is 4.68. The standard InChI is InChI=1S/C16H16FNO5S/c1-2-22-15(20)9-14-18(13(19)10-24-14)7-8-23-16(21)11-5-3-4-6-12(11)17/h3-6,9H,2,7-8,10H2,1H3/b14-9-. The molecular weight excluding hydrogens is 337 g/mol. The van der Waals surface area contributed by atoms with E-state index in [4.69, 9.17) is 9.47 Å². The molecular formula is C16H16FNO5S. The first kappa shape index (κ1) is 18.0. The molecule has 0 aromatic heterocycles. The Kier molecular flexibility index (Phi) is 6.36. The number of rotatable bonds is 6. The number of carbonyl (C=O) groups is 3. The summed E-state index contributed by atoms with van der Waals surface area (Å²) in [6, 6.07) is 5.48. The highest BCUT2D eigenvalue weighted by Crippen LogP contribution is 2.28. The Balaban J connectivity index is 1.92. The number of benzene rings is 1. The lowest BCUT2D eigenvalue weighted by Crippen LogP contribution is -2.29. The number of nitrogens with zero attached hydrogens (tertiary/aromatic N) is 1. The van der Waals surface area contributed by atoms with Gasteiger partial charge in [-0.05, 0) is 19.1 Å². The lowest BCUT2D eigenvalue weighted by molar-refractivity contribution is -0.137. The summed E-state index contributed by atoms with van der Waals surface area (Å²) in [6.07, 6.45) is 1.23. The smallest absolute Gasteiger partial charge is 0.341 e. The summed E-state index contributed by atoms with van der Waals surface area (Å²) in [5.41, 5.74) is -0.165. The molecule has 0 unspecified atom stereocenters. The second kappa shape index (κ2) is 8.49. The average Bonchev–Trinajstić information content (AvgIpc) is 2.88. The summed E-state index contributed by atoms with van der Waals surface area (Å²) in [7, 11) is 0. The van der Waals surface area contributed by atoms with E-state index in [0.717, 1.165) is 6.07 Å². The van der Waals surface area contributed by atoms with Gasteiger partial charge in [0.25, 0.3) is 0 Å². The molecule has 1 aromatic rings. The Hall–Kier alpha value is -2.35. The van der Waals surface area contributed by atoms with Crippen molar-refractivity contribution in [2.24, 2.45) is 0 Å². The molecule has 24 heavy (non-hydrogen) atoms. The minimum Gasteiger partial charge on any atom is -0.463 e. The van der Waals surface area contributed by atoms with Crippen LogP contribution in [0.3, 0.4) is 0 Å². The van der Waals surface area contributed by atoms with Crippen molar-refractivity contribution in [2.45, 2.75) is 6.92 Å². The van der Waals surface area contributed by atoms with Gasteiger partial charge in [0, 0.05) is 0 Å². The van der Waals surface area contributed by atoms with E-state index in [1.54, 1.807) is 6.92 Å². The highest BCUT2D eigenvalue weighted by atomic mass is 32.2. The molecule has 8 heteroatoms. The van der Waals surface area contributed by atoms with Crippen molar-refractivity contribution in [3.8, 4) is 0 Å². The molecule has 1 aliphatic heterocycles. The molecule has 0 radical (unpaired) electrons. The number of amides is 1. The van der Waals surface area contributed by atoms with Crippen LogP contribution in [0.2, 0.25) is 0 Å². The third-order valence-corrected chi connectivity index (χ3v) is 4.11. The zero-order valence-electron chi connectivity index (χ0n) is 13.0. The van der Waals surface area contributed by atoms with Crippen LogP contribution in [-0.4, -0.2) is 48.3 Å². The molecule has 0 bridgehead atoms. The maximum absolute atomic E-state index is 13.5. The number of hydrogen-bond donors (Lipinski definition) is 0. The van der Waals surface area contributed by atoms with E-state index in [9.17, 15) is 18.8 Å². The number of hydrogen-bond acceptors (Lipinski definition) is 6. The summed E-state index contributed by atoms with van der Waals surface area (Å²) < 4.78 is 23.3. The van der Waals surface area contributed by atoms with E-state index in [0.29, 0.717) is 5.03 Å². The van der Waals surface area contributed by atoms with E-state index >= 15 is 0 Å². The first-order valence-electron chi connectivity index (χ1n) is 7.26. The van der Waals surface area contributed by atoms with Crippen molar-refractivity contribution in [3.05, 3.63) is 46.8 Å². The first-order chi connectivity index (χ1) is 11.5. The molecule has 1 heterocycles. The Morgan fingerprint density at radius 3 is 2.79 bits per heavy atom. The van der Waals surface area contributed by atoms with Crippen LogP contribution in [-0.2, 0) is 19.1 Å². The van der Waals surface area contributed by atoms with E-state index in [1.807, 2.05) is 0 Å². The molecule has 2 rings (SSSR count). The maximum Gasteiger partial charge on any atom is 0.341 e. The predicted octanol–water partition coefficient (Wildman–Crippen LogP) is 1.96. The number of ether oxygens (including phenoxy) is 2. The molecule has 1 amide bonds. The van der Waals surface area contributed by atoms with Gasteiger partial charge in [-0.3, -0.25) is 4.79 Å². The van der Waals surface area contributed by atoms with Crippen molar-refractivity contribution < 1.29 is 28.2 Å². The van der Waals surface area contributed by atoms with Crippen LogP contribution in [0, 0.1) is 5.82 Å². The van der Waals surface area contributed by atoms with Gasteiger partial charge in [0.15, 0.2) is 0 Å². The minimum absolute atomic E-state index is 0.0806. The van der Waals surface area contributed by atoms with Crippen molar-refractivity contribution in [1.29, 1.82) is 0 Å². The van der Waals surface area contributed by atoms with E-state index in [1.165, 1.54) is 40.9 Å². The molecule has 0 aliphatic carbocycles. The molecule has 1 saturated heterocycles. The Morgan fingerprint density at radius 2 is 2.08 bits per heavy atom. The van der Waals surface area contributed by atoms with Crippen LogP contribution in [0.15, 0.2) is 35.4 Å². The van der Waals surface area contributed by atoms with Crippen LogP contribution in [0.5, 0.6) is 0 Å². The predicted molar refractivity (Wildman–Crippen MR) is 85.6 cm³/mol. The van der Waals surface area contributed by atoms with Crippen LogP contribution < -0.4 is 0 Å².